The molecule has 0 fully saturated rings. The smallest absolute Gasteiger partial charge is 0.283 e. The van der Waals surface area contributed by atoms with Crippen LogP contribution in [-0.4, -0.2) is 18.4 Å². The third kappa shape index (κ3) is 4.41. The number of aryl methyl sites for hydroxylation is 2. The van der Waals surface area contributed by atoms with Gasteiger partial charge in [0.1, 0.15) is 16.4 Å². The molecule has 1 N–H and O–H groups in total. The van der Waals surface area contributed by atoms with Gasteiger partial charge in [-0.3, -0.25) is 9.59 Å². The highest BCUT2D eigenvalue weighted by Gasteiger charge is 2.40. The third-order valence-corrected chi connectivity index (χ3v) is 6.12. The average molecular weight is 445 g/mol. The maximum atomic E-state index is 13.5. The van der Waals surface area contributed by atoms with Gasteiger partial charge in [-0.15, -0.1) is 0 Å². The van der Waals surface area contributed by atoms with Crippen LogP contribution in [0.25, 0.3) is 0 Å². The number of imide groups is 1. The molecule has 0 unspecified atom stereocenters. The molecule has 0 spiro atoms. The Hall–Kier alpha value is -3.51. The molecular formula is C26H24N2O3S. The Morgan fingerprint density at radius 2 is 1.62 bits per heavy atom. The van der Waals surface area contributed by atoms with Gasteiger partial charge in [0.25, 0.3) is 11.8 Å². The number of hydrogen-bond donors (Lipinski definition) is 1. The molecule has 32 heavy (non-hydrogen) atoms. The van der Waals surface area contributed by atoms with Gasteiger partial charge in [-0.05, 0) is 68.8 Å². The van der Waals surface area contributed by atoms with Gasteiger partial charge in [-0.1, -0.05) is 47.7 Å². The molecule has 2 amide bonds. The lowest BCUT2D eigenvalue weighted by Crippen LogP contribution is -2.33. The van der Waals surface area contributed by atoms with E-state index in [-0.39, 0.29) is 17.5 Å². The van der Waals surface area contributed by atoms with Crippen molar-refractivity contribution in [3.63, 3.8) is 0 Å². The van der Waals surface area contributed by atoms with Crippen molar-refractivity contribution in [1.82, 2.24) is 0 Å². The van der Waals surface area contributed by atoms with Gasteiger partial charge in [-0.25, -0.2) is 4.90 Å². The number of hydrogen-bond acceptors (Lipinski definition) is 5. The van der Waals surface area contributed by atoms with E-state index in [9.17, 15) is 9.59 Å². The van der Waals surface area contributed by atoms with Crippen LogP contribution in [-0.2, 0) is 9.59 Å². The molecule has 0 bridgehead atoms. The summed E-state index contributed by atoms with van der Waals surface area (Å²) in [6.45, 7) is 6.39. The number of nitrogens with one attached hydrogen (secondary N) is 1. The summed E-state index contributed by atoms with van der Waals surface area (Å²) in [6, 6.07) is 22.6. The molecule has 0 aliphatic carbocycles. The minimum absolute atomic E-state index is 0.271. The van der Waals surface area contributed by atoms with Crippen molar-refractivity contribution in [2.45, 2.75) is 25.7 Å². The van der Waals surface area contributed by atoms with Crippen molar-refractivity contribution in [2.75, 3.05) is 16.8 Å². The molecule has 1 heterocycles. The molecule has 0 atom stereocenters. The molecule has 1 aliphatic rings. The summed E-state index contributed by atoms with van der Waals surface area (Å²) < 4.78 is 5.49. The lowest BCUT2D eigenvalue weighted by molar-refractivity contribution is -0.120. The van der Waals surface area contributed by atoms with Gasteiger partial charge in [0.15, 0.2) is 0 Å². The van der Waals surface area contributed by atoms with Crippen LogP contribution in [0.2, 0.25) is 0 Å². The van der Waals surface area contributed by atoms with Crippen LogP contribution >= 0.6 is 11.8 Å². The van der Waals surface area contributed by atoms with E-state index < -0.39 is 0 Å². The SMILES string of the molecule is CCOc1ccc(NC2=C(Sc3ccccc3)C(=O)N(c3ccc(C)cc3C)C2=O)cc1. The maximum absolute atomic E-state index is 13.5. The summed E-state index contributed by atoms with van der Waals surface area (Å²) in [6.07, 6.45) is 0. The fourth-order valence-corrected chi connectivity index (χ4v) is 4.49. The monoisotopic (exact) mass is 444 g/mol. The summed E-state index contributed by atoms with van der Waals surface area (Å²) >= 11 is 1.29. The highest BCUT2D eigenvalue weighted by molar-refractivity contribution is 8.04. The van der Waals surface area contributed by atoms with Gasteiger partial charge in [0, 0.05) is 10.6 Å². The highest BCUT2D eigenvalue weighted by Crippen LogP contribution is 2.38. The Labute approximate surface area is 192 Å². The van der Waals surface area contributed by atoms with Crippen LogP contribution in [0.4, 0.5) is 11.4 Å². The zero-order chi connectivity index (χ0) is 22.7. The van der Waals surface area contributed by atoms with E-state index >= 15 is 0 Å². The number of anilines is 2. The number of carbonyl (C=O) groups is 2. The number of carbonyl (C=O) groups excluding carboxylic acids is 2. The topological polar surface area (TPSA) is 58.6 Å². The summed E-state index contributed by atoms with van der Waals surface area (Å²) in [5.74, 6) is 0.0511. The van der Waals surface area contributed by atoms with Crippen LogP contribution in [0.1, 0.15) is 18.1 Å². The molecular weight excluding hydrogens is 420 g/mol. The largest absolute Gasteiger partial charge is 0.494 e. The van der Waals surface area contributed by atoms with E-state index in [1.165, 1.54) is 16.7 Å². The second kappa shape index (κ2) is 9.32. The van der Waals surface area contributed by atoms with Gasteiger partial charge < -0.3 is 10.1 Å². The fourth-order valence-electron chi connectivity index (χ4n) is 3.54. The molecule has 0 radical (unpaired) electrons. The van der Waals surface area contributed by atoms with Crippen LogP contribution in [0.5, 0.6) is 5.75 Å². The first-order chi connectivity index (χ1) is 15.5. The first kappa shape index (κ1) is 21.7. The Kier molecular flexibility index (Phi) is 6.32. The molecule has 1 aliphatic heterocycles. The van der Waals surface area contributed by atoms with Crippen LogP contribution in [0.3, 0.4) is 0 Å². The number of nitrogens with zero attached hydrogens (tertiary/aromatic N) is 1. The Morgan fingerprint density at radius 3 is 2.28 bits per heavy atom. The predicted octanol–water partition coefficient (Wildman–Crippen LogP) is 5.69. The van der Waals surface area contributed by atoms with Crippen molar-refractivity contribution < 1.29 is 14.3 Å². The lowest BCUT2D eigenvalue weighted by atomic mass is 10.1. The van der Waals surface area contributed by atoms with Crippen molar-refractivity contribution in [1.29, 1.82) is 0 Å². The van der Waals surface area contributed by atoms with Gasteiger partial charge in [0.2, 0.25) is 0 Å². The summed E-state index contributed by atoms with van der Waals surface area (Å²) in [5, 5.41) is 3.18. The number of rotatable bonds is 7. The summed E-state index contributed by atoms with van der Waals surface area (Å²) in [5.41, 5.74) is 3.52. The van der Waals surface area contributed by atoms with Crippen LogP contribution in [0, 0.1) is 13.8 Å². The molecule has 0 saturated heterocycles. The molecule has 3 aromatic rings. The number of amides is 2. The Balaban J connectivity index is 1.72. The van der Waals surface area contributed by atoms with E-state index in [1.807, 2.05) is 93.6 Å². The summed E-state index contributed by atoms with van der Waals surface area (Å²) in [4.78, 5) is 29.5. The average Bonchev–Trinajstić information content (AvgIpc) is 3.00. The van der Waals surface area contributed by atoms with Crippen LogP contribution in [0.15, 0.2) is 88.3 Å². The number of benzene rings is 3. The van der Waals surface area contributed by atoms with Gasteiger partial charge >= 0.3 is 0 Å². The summed E-state index contributed by atoms with van der Waals surface area (Å²) in [7, 11) is 0. The Bertz CT molecular complexity index is 1190. The first-order valence-electron chi connectivity index (χ1n) is 10.4. The molecule has 6 heteroatoms. The second-order valence-corrected chi connectivity index (χ2v) is 8.52. The van der Waals surface area contributed by atoms with E-state index in [1.54, 1.807) is 0 Å². The van der Waals surface area contributed by atoms with Crippen molar-refractivity contribution in [3.8, 4) is 5.75 Å². The van der Waals surface area contributed by atoms with Crippen molar-refractivity contribution in [2.24, 2.45) is 0 Å². The molecule has 162 valence electrons. The number of thioether (sulfide) groups is 1. The minimum atomic E-state index is -0.366. The predicted molar refractivity (Wildman–Crippen MR) is 129 cm³/mol. The molecule has 4 rings (SSSR count). The van der Waals surface area contributed by atoms with Crippen molar-refractivity contribution >= 4 is 35.0 Å². The molecule has 5 nitrogen and oxygen atoms in total. The molecule has 0 saturated carbocycles. The second-order valence-electron chi connectivity index (χ2n) is 7.44. The molecule has 3 aromatic carbocycles. The zero-order valence-electron chi connectivity index (χ0n) is 18.2. The third-order valence-electron chi connectivity index (χ3n) is 5.03. The van der Waals surface area contributed by atoms with E-state index in [0.717, 1.165) is 21.8 Å². The van der Waals surface area contributed by atoms with Crippen LogP contribution < -0.4 is 15.0 Å². The Morgan fingerprint density at radius 1 is 0.906 bits per heavy atom. The lowest BCUT2D eigenvalue weighted by Gasteiger charge is -2.18. The highest BCUT2D eigenvalue weighted by atomic mass is 32.2. The molecule has 0 aromatic heterocycles. The zero-order valence-corrected chi connectivity index (χ0v) is 19.0. The first-order valence-corrected chi connectivity index (χ1v) is 11.2. The van der Waals surface area contributed by atoms with E-state index in [2.05, 4.69) is 5.32 Å². The fraction of sp³-hybridized carbons (Fsp3) is 0.154. The van der Waals surface area contributed by atoms with E-state index in [4.69, 9.17) is 4.74 Å². The number of ether oxygens (including phenoxy) is 1. The standard InChI is InChI=1S/C26H24N2O3S/c1-4-31-20-13-11-19(12-14-20)27-23-24(32-21-8-6-5-7-9-21)26(30)28(25(23)29)22-15-10-17(2)16-18(22)3/h5-16,27H,4H2,1-3H3. The van der Waals surface area contributed by atoms with E-state index in [0.29, 0.717) is 22.9 Å². The maximum Gasteiger partial charge on any atom is 0.283 e. The van der Waals surface area contributed by atoms with Crippen molar-refractivity contribution in [3.05, 3.63) is 94.5 Å². The normalized spacial score (nSPS) is 13.7. The van der Waals surface area contributed by atoms with Gasteiger partial charge in [-0.2, -0.15) is 0 Å². The van der Waals surface area contributed by atoms with Gasteiger partial charge in [0.05, 0.1) is 12.3 Å². The minimum Gasteiger partial charge on any atom is -0.494 e. The quantitative estimate of drug-likeness (QED) is 0.474.